The van der Waals surface area contributed by atoms with Crippen LogP contribution in [0, 0.1) is 12.8 Å². The van der Waals surface area contributed by atoms with Crippen LogP contribution in [0.1, 0.15) is 56.7 Å². The third-order valence-electron chi connectivity index (χ3n) is 3.69. The number of carbonyl (C=O) groups excluding carboxylic acids is 1. The quantitative estimate of drug-likeness (QED) is 0.692. The van der Waals surface area contributed by atoms with Gasteiger partial charge in [-0.1, -0.05) is 50.5 Å². The van der Waals surface area contributed by atoms with E-state index in [0.29, 0.717) is 5.78 Å². The molecule has 0 fully saturated rings. The van der Waals surface area contributed by atoms with Crippen LogP contribution in [0.3, 0.4) is 0 Å². The molecule has 100 valence electrons. The molecule has 0 saturated carbocycles. The maximum absolute atomic E-state index is 11.7. The van der Waals surface area contributed by atoms with E-state index in [2.05, 4.69) is 39.0 Å². The van der Waals surface area contributed by atoms with Crippen LogP contribution >= 0.6 is 0 Å². The van der Waals surface area contributed by atoms with Gasteiger partial charge < -0.3 is 0 Å². The van der Waals surface area contributed by atoms with Gasteiger partial charge >= 0.3 is 0 Å². The van der Waals surface area contributed by atoms with Gasteiger partial charge in [-0.05, 0) is 44.2 Å². The lowest BCUT2D eigenvalue weighted by molar-refractivity contribution is -0.120. The van der Waals surface area contributed by atoms with Crippen LogP contribution < -0.4 is 0 Å². The highest BCUT2D eigenvalue weighted by Gasteiger charge is 2.15. The first-order valence-electron chi connectivity index (χ1n) is 7.17. The minimum absolute atomic E-state index is 0.206. The van der Waals surface area contributed by atoms with Gasteiger partial charge in [0, 0.05) is 5.92 Å². The summed E-state index contributed by atoms with van der Waals surface area (Å²) >= 11 is 0. The molecule has 1 nitrogen and oxygen atoms in total. The lowest BCUT2D eigenvalue weighted by Gasteiger charge is -2.16. The summed E-state index contributed by atoms with van der Waals surface area (Å²) in [6.45, 7) is 8.23. The summed E-state index contributed by atoms with van der Waals surface area (Å²) in [4.78, 5) is 11.7. The van der Waals surface area contributed by atoms with E-state index in [1.165, 1.54) is 16.7 Å². The van der Waals surface area contributed by atoms with Gasteiger partial charge in [0.25, 0.3) is 0 Å². The molecule has 0 aromatic heterocycles. The molecule has 0 aliphatic carbocycles. The molecule has 1 aromatic carbocycles. The van der Waals surface area contributed by atoms with Crippen LogP contribution in [0.5, 0.6) is 0 Å². The average Bonchev–Trinajstić information content (AvgIpc) is 2.35. The largest absolute Gasteiger partial charge is 0.300 e. The fourth-order valence-corrected chi connectivity index (χ4v) is 2.45. The van der Waals surface area contributed by atoms with Crippen molar-refractivity contribution in [2.45, 2.75) is 59.8 Å². The summed E-state index contributed by atoms with van der Waals surface area (Å²) in [6, 6.07) is 6.62. The Morgan fingerprint density at radius 2 is 1.94 bits per heavy atom. The summed E-state index contributed by atoms with van der Waals surface area (Å²) < 4.78 is 0. The molecule has 0 aliphatic rings. The van der Waals surface area contributed by atoms with Crippen molar-refractivity contribution >= 4 is 5.78 Å². The summed E-state index contributed by atoms with van der Waals surface area (Å²) in [5, 5.41) is 0. The number of Topliss-reactive ketones (excluding diaryl/α,β-unsaturated/α-hetero) is 1. The summed E-state index contributed by atoms with van der Waals surface area (Å²) in [5.74, 6) is 0.545. The minimum atomic E-state index is 0.206. The van der Waals surface area contributed by atoms with Crippen LogP contribution in [-0.2, 0) is 17.6 Å². The molecule has 0 N–H and O–H groups in total. The first kappa shape index (κ1) is 14.9. The Hall–Kier alpha value is -1.11. The predicted molar refractivity (Wildman–Crippen MR) is 78.0 cm³/mol. The van der Waals surface area contributed by atoms with E-state index in [9.17, 15) is 4.79 Å². The zero-order valence-corrected chi connectivity index (χ0v) is 12.3. The van der Waals surface area contributed by atoms with E-state index >= 15 is 0 Å². The Morgan fingerprint density at radius 1 is 1.22 bits per heavy atom. The van der Waals surface area contributed by atoms with Crippen molar-refractivity contribution < 1.29 is 4.79 Å². The van der Waals surface area contributed by atoms with Crippen LogP contribution in [0.2, 0.25) is 0 Å². The number of ketones is 1. The average molecular weight is 246 g/mol. The third-order valence-corrected chi connectivity index (χ3v) is 3.69. The molecule has 0 spiro atoms. The van der Waals surface area contributed by atoms with Crippen molar-refractivity contribution in [2.75, 3.05) is 0 Å². The molecule has 0 aliphatic heterocycles. The molecular weight excluding hydrogens is 220 g/mol. The molecule has 0 bridgehead atoms. The number of hydrogen-bond donors (Lipinski definition) is 0. The van der Waals surface area contributed by atoms with Crippen molar-refractivity contribution in [3.63, 3.8) is 0 Å². The summed E-state index contributed by atoms with van der Waals surface area (Å²) in [7, 11) is 0. The number of rotatable bonds is 7. The molecule has 18 heavy (non-hydrogen) atoms. The maximum atomic E-state index is 11.7. The Bertz CT molecular complexity index is 393. The van der Waals surface area contributed by atoms with E-state index in [1.54, 1.807) is 6.92 Å². The van der Waals surface area contributed by atoms with Gasteiger partial charge in [-0.15, -0.1) is 0 Å². The van der Waals surface area contributed by atoms with Crippen molar-refractivity contribution in [3.8, 4) is 0 Å². The fourth-order valence-electron chi connectivity index (χ4n) is 2.45. The molecule has 1 aromatic rings. The van der Waals surface area contributed by atoms with E-state index in [0.717, 1.165) is 32.1 Å². The second-order valence-electron chi connectivity index (χ2n) is 5.28. The molecule has 1 heteroatoms. The van der Waals surface area contributed by atoms with Crippen LogP contribution in [0.25, 0.3) is 0 Å². The van der Waals surface area contributed by atoms with E-state index in [-0.39, 0.29) is 5.92 Å². The van der Waals surface area contributed by atoms with Crippen LogP contribution in [-0.4, -0.2) is 5.78 Å². The second kappa shape index (κ2) is 7.35. The highest BCUT2D eigenvalue weighted by molar-refractivity contribution is 5.78. The number of benzene rings is 1. The van der Waals surface area contributed by atoms with Gasteiger partial charge in [-0.2, -0.15) is 0 Å². The number of aryl methyl sites for hydroxylation is 2. The van der Waals surface area contributed by atoms with Gasteiger partial charge in [-0.25, -0.2) is 0 Å². The first-order chi connectivity index (χ1) is 8.58. The van der Waals surface area contributed by atoms with Crippen LogP contribution in [0.4, 0.5) is 0 Å². The molecule has 0 saturated heterocycles. The lowest BCUT2D eigenvalue weighted by Crippen LogP contribution is -2.15. The van der Waals surface area contributed by atoms with Gasteiger partial charge in [-0.3, -0.25) is 4.79 Å². The van der Waals surface area contributed by atoms with Crippen LogP contribution in [0.15, 0.2) is 18.2 Å². The highest BCUT2D eigenvalue weighted by atomic mass is 16.1. The molecule has 1 unspecified atom stereocenters. The van der Waals surface area contributed by atoms with Gasteiger partial charge in [0.05, 0.1) is 0 Å². The normalized spacial score (nSPS) is 12.4. The molecule has 0 amide bonds. The van der Waals surface area contributed by atoms with Crippen molar-refractivity contribution in [3.05, 3.63) is 34.9 Å². The Morgan fingerprint density at radius 3 is 2.50 bits per heavy atom. The standard InChI is InChI=1S/C17H26O/c1-5-7-8-16(14(4)18)12-17-10-9-13(3)11-15(17)6-2/h9-11,16H,5-8,12H2,1-4H3. The monoisotopic (exact) mass is 246 g/mol. The van der Waals surface area contributed by atoms with Crippen molar-refractivity contribution in [1.29, 1.82) is 0 Å². The number of hydrogen-bond acceptors (Lipinski definition) is 1. The van der Waals surface area contributed by atoms with E-state index in [4.69, 9.17) is 0 Å². The van der Waals surface area contributed by atoms with E-state index in [1.807, 2.05) is 0 Å². The number of carbonyl (C=O) groups is 1. The van der Waals surface area contributed by atoms with Gasteiger partial charge in [0.15, 0.2) is 0 Å². The third kappa shape index (κ3) is 4.29. The van der Waals surface area contributed by atoms with E-state index < -0.39 is 0 Å². The first-order valence-corrected chi connectivity index (χ1v) is 7.17. The molecule has 0 radical (unpaired) electrons. The zero-order valence-electron chi connectivity index (χ0n) is 12.3. The van der Waals surface area contributed by atoms with Gasteiger partial charge in [0.1, 0.15) is 5.78 Å². The molecule has 1 rings (SSSR count). The topological polar surface area (TPSA) is 17.1 Å². The molecule has 0 heterocycles. The summed E-state index contributed by atoms with van der Waals surface area (Å²) in [6.07, 6.45) is 5.31. The summed E-state index contributed by atoms with van der Waals surface area (Å²) in [5.41, 5.74) is 4.07. The SMILES string of the molecule is CCCCC(Cc1ccc(C)cc1CC)C(C)=O. The molecule has 1 atom stereocenters. The fraction of sp³-hybridized carbons (Fsp3) is 0.588. The zero-order chi connectivity index (χ0) is 13.5. The van der Waals surface area contributed by atoms with Crippen molar-refractivity contribution in [1.82, 2.24) is 0 Å². The smallest absolute Gasteiger partial charge is 0.133 e. The maximum Gasteiger partial charge on any atom is 0.133 e. The second-order valence-corrected chi connectivity index (χ2v) is 5.28. The predicted octanol–water partition coefficient (Wildman–Crippen LogP) is 4.50. The Balaban J connectivity index is 2.82. The molecular formula is C17H26O. The number of unbranched alkanes of at least 4 members (excludes halogenated alkanes) is 1. The lowest BCUT2D eigenvalue weighted by atomic mass is 9.88. The van der Waals surface area contributed by atoms with Crippen molar-refractivity contribution in [2.24, 2.45) is 5.92 Å². The Kier molecular flexibility index (Phi) is 6.11. The minimum Gasteiger partial charge on any atom is -0.300 e. The Labute approximate surface area is 112 Å². The van der Waals surface area contributed by atoms with Gasteiger partial charge in [0.2, 0.25) is 0 Å². The highest BCUT2D eigenvalue weighted by Crippen LogP contribution is 2.20.